The van der Waals surface area contributed by atoms with Crippen molar-refractivity contribution in [3.05, 3.63) is 29.7 Å². The van der Waals surface area contributed by atoms with Gasteiger partial charge in [0, 0.05) is 19.1 Å². The summed E-state index contributed by atoms with van der Waals surface area (Å²) in [4.78, 5) is 2.01. The third-order valence-electron chi connectivity index (χ3n) is 4.53. The summed E-state index contributed by atoms with van der Waals surface area (Å²) in [5.74, 6) is 0.00185. The summed E-state index contributed by atoms with van der Waals surface area (Å²) in [7, 11) is -6.98. The monoisotopic (exact) mass is 375 g/mol. The van der Waals surface area contributed by atoms with Crippen molar-refractivity contribution in [1.29, 1.82) is 0 Å². The van der Waals surface area contributed by atoms with Gasteiger partial charge >= 0.3 is 0 Å². The normalized spacial score (nSPS) is 32.2. The fraction of sp³-hybridized carbons (Fsp3) is 0.600. The van der Waals surface area contributed by atoms with Gasteiger partial charge in [-0.1, -0.05) is 25.1 Å². The van der Waals surface area contributed by atoms with Gasteiger partial charge in [0.05, 0.1) is 16.8 Å². The molecule has 0 radical (unpaired) electrons. The van der Waals surface area contributed by atoms with Gasteiger partial charge in [-0.15, -0.1) is 11.3 Å². The van der Waals surface area contributed by atoms with Gasteiger partial charge in [-0.25, -0.2) is 16.8 Å². The maximum atomic E-state index is 12.9. The van der Waals surface area contributed by atoms with E-state index in [9.17, 15) is 16.8 Å². The molecule has 2 saturated heterocycles. The number of hydrogen-bond donors (Lipinski definition) is 0. The van der Waals surface area contributed by atoms with E-state index in [2.05, 4.69) is 13.5 Å². The molecule has 2 aliphatic rings. The molecule has 2 fully saturated rings. The van der Waals surface area contributed by atoms with E-state index in [1.165, 1.54) is 0 Å². The van der Waals surface area contributed by atoms with Crippen LogP contribution in [0, 0.1) is 5.92 Å². The topological polar surface area (TPSA) is 71.5 Å². The molecule has 1 aromatic rings. The van der Waals surface area contributed by atoms with E-state index in [1.807, 2.05) is 4.90 Å². The van der Waals surface area contributed by atoms with E-state index in [0.717, 1.165) is 29.9 Å². The maximum Gasteiger partial charge on any atom is 0.193 e. The zero-order valence-electron chi connectivity index (χ0n) is 13.0. The molecular formula is C15H21NO4S3. The fourth-order valence-corrected chi connectivity index (χ4v) is 9.69. The number of rotatable bonds is 3. The van der Waals surface area contributed by atoms with E-state index in [-0.39, 0.29) is 15.7 Å². The second kappa shape index (κ2) is 5.98. The first-order valence-electron chi connectivity index (χ1n) is 7.57. The van der Waals surface area contributed by atoms with Crippen molar-refractivity contribution in [1.82, 2.24) is 4.90 Å². The van der Waals surface area contributed by atoms with Crippen molar-refractivity contribution in [2.45, 2.75) is 28.8 Å². The first-order valence-corrected chi connectivity index (χ1v) is 11.8. The Kier molecular flexibility index (Phi) is 4.46. The molecule has 0 bridgehead atoms. The fourth-order valence-electron chi connectivity index (χ4n) is 3.64. The van der Waals surface area contributed by atoms with Gasteiger partial charge in [0.1, 0.15) is 4.21 Å². The van der Waals surface area contributed by atoms with Crippen molar-refractivity contribution in [2.75, 3.05) is 24.6 Å². The highest BCUT2D eigenvalue weighted by Crippen LogP contribution is 2.33. The first kappa shape index (κ1) is 17.1. The van der Waals surface area contributed by atoms with E-state index >= 15 is 0 Å². The lowest BCUT2D eigenvalue weighted by Crippen LogP contribution is -2.50. The zero-order chi connectivity index (χ0) is 16.8. The second-order valence-corrected chi connectivity index (χ2v) is 12.1. The van der Waals surface area contributed by atoms with Gasteiger partial charge in [-0.3, -0.25) is 4.90 Å². The predicted molar refractivity (Wildman–Crippen MR) is 92.2 cm³/mol. The number of sulfone groups is 2. The number of nitrogens with zero attached hydrogens (tertiary/aromatic N) is 1. The van der Waals surface area contributed by atoms with Gasteiger partial charge in [-0.05, 0) is 23.8 Å². The molecule has 5 nitrogen and oxygen atoms in total. The molecule has 0 amide bonds. The summed E-state index contributed by atoms with van der Waals surface area (Å²) in [5, 5.41) is 0.820. The third kappa shape index (κ3) is 3.40. The van der Waals surface area contributed by atoms with Gasteiger partial charge < -0.3 is 0 Å². The molecule has 0 saturated carbocycles. The molecule has 1 aromatic heterocycles. The van der Waals surface area contributed by atoms with Crippen LogP contribution < -0.4 is 0 Å². The quantitative estimate of drug-likeness (QED) is 0.750. The SMILES string of the molecule is C=C1C[C@@H](C)CN([C@H]2CS(=O)(=O)C[C@@H]2S(=O)(=O)c2cccs2)C1. The minimum Gasteiger partial charge on any atom is -0.294 e. The van der Waals surface area contributed by atoms with Crippen LogP contribution >= 0.6 is 11.3 Å². The van der Waals surface area contributed by atoms with E-state index in [4.69, 9.17) is 0 Å². The Labute approximate surface area is 141 Å². The molecule has 2 aliphatic heterocycles. The molecule has 3 atom stereocenters. The minimum atomic E-state index is -3.63. The highest BCUT2D eigenvalue weighted by molar-refractivity contribution is 7.97. The molecule has 0 aromatic carbocycles. The number of piperidine rings is 1. The third-order valence-corrected chi connectivity index (χ3v) is 10.1. The van der Waals surface area contributed by atoms with E-state index in [0.29, 0.717) is 12.5 Å². The van der Waals surface area contributed by atoms with Crippen molar-refractivity contribution in [3.63, 3.8) is 0 Å². The Hall–Kier alpha value is -0.700. The zero-order valence-corrected chi connectivity index (χ0v) is 15.5. The largest absolute Gasteiger partial charge is 0.294 e. The number of hydrogen-bond acceptors (Lipinski definition) is 6. The highest BCUT2D eigenvalue weighted by atomic mass is 32.2. The van der Waals surface area contributed by atoms with Crippen LogP contribution in [-0.4, -0.2) is 57.6 Å². The molecule has 23 heavy (non-hydrogen) atoms. The molecule has 0 spiro atoms. The summed E-state index contributed by atoms with van der Waals surface area (Å²) < 4.78 is 50.4. The highest BCUT2D eigenvalue weighted by Gasteiger charge is 2.49. The molecular weight excluding hydrogens is 354 g/mol. The number of thiophene rings is 1. The Morgan fingerprint density at radius 2 is 2.09 bits per heavy atom. The molecule has 0 aliphatic carbocycles. The van der Waals surface area contributed by atoms with Crippen LogP contribution in [0.3, 0.4) is 0 Å². The van der Waals surface area contributed by atoms with Crippen LogP contribution in [0.5, 0.6) is 0 Å². The molecule has 0 unspecified atom stereocenters. The smallest absolute Gasteiger partial charge is 0.193 e. The van der Waals surface area contributed by atoms with Crippen molar-refractivity contribution in [2.24, 2.45) is 5.92 Å². The van der Waals surface area contributed by atoms with Crippen LogP contribution in [0.4, 0.5) is 0 Å². The Bertz CT molecular complexity index is 796. The lowest BCUT2D eigenvalue weighted by atomic mass is 9.95. The summed E-state index contributed by atoms with van der Waals surface area (Å²) in [6.07, 6.45) is 0.915. The molecule has 0 N–H and O–H groups in total. The van der Waals surface area contributed by atoms with Gasteiger partial charge in [-0.2, -0.15) is 0 Å². The van der Waals surface area contributed by atoms with Gasteiger partial charge in [0.15, 0.2) is 19.7 Å². The number of likely N-dealkylation sites (tertiary alicyclic amines) is 1. The Morgan fingerprint density at radius 3 is 2.70 bits per heavy atom. The maximum absolute atomic E-state index is 12.9. The van der Waals surface area contributed by atoms with E-state index in [1.54, 1.807) is 17.5 Å². The molecule has 3 rings (SSSR count). The van der Waals surface area contributed by atoms with Crippen LogP contribution in [0.2, 0.25) is 0 Å². The van der Waals surface area contributed by atoms with Crippen LogP contribution in [0.1, 0.15) is 13.3 Å². The van der Waals surface area contributed by atoms with Crippen LogP contribution in [-0.2, 0) is 19.7 Å². The Balaban J connectivity index is 1.96. The van der Waals surface area contributed by atoms with Gasteiger partial charge in [0.25, 0.3) is 0 Å². The average molecular weight is 376 g/mol. The van der Waals surface area contributed by atoms with Crippen molar-refractivity contribution in [3.8, 4) is 0 Å². The summed E-state index contributed by atoms with van der Waals surface area (Å²) in [6, 6.07) is 2.76. The Morgan fingerprint density at radius 1 is 1.35 bits per heavy atom. The first-order chi connectivity index (χ1) is 10.7. The van der Waals surface area contributed by atoms with Gasteiger partial charge in [0.2, 0.25) is 0 Å². The van der Waals surface area contributed by atoms with Crippen LogP contribution in [0.25, 0.3) is 0 Å². The summed E-state index contributed by atoms with van der Waals surface area (Å²) in [5.41, 5.74) is 1.04. The van der Waals surface area contributed by atoms with E-state index < -0.39 is 31.0 Å². The summed E-state index contributed by atoms with van der Waals surface area (Å²) in [6.45, 7) is 7.41. The lowest BCUT2D eigenvalue weighted by molar-refractivity contribution is 0.174. The standard InChI is InChI=1S/C15H21NO4S3/c1-11-6-12(2)8-16(7-11)13-9-22(17,18)10-14(13)23(19,20)15-4-3-5-21-15/h3-5,12-14H,1,6-10H2,2H3/t12-,13+,14+/m1/s1. The lowest BCUT2D eigenvalue weighted by Gasteiger charge is -2.38. The minimum absolute atomic E-state index is 0.0811. The van der Waals surface area contributed by atoms with Crippen molar-refractivity contribution >= 4 is 31.0 Å². The predicted octanol–water partition coefficient (Wildman–Crippen LogP) is 1.59. The second-order valence-electron chi connectivity index (χ2n) is 6.65. The van der Waals surface area contributed by atoms with Crippen LogP contribution in [0.15, 0.2) is 33.9 Å². The summed E-state index contributed by atoms with van der Waals surface area (Å²) >= 11 is 1.15. The van der Waals surface area contributed by atoms with Crippen molar-refractivity contribution < 1.29 is 16.8 Å². The molecule has 3 heterocycles. The average Bonchev–Trinajstić information content (AvgIpc) is 3.05. The molecule has 8 heteroatoms. The molecule has 128 valence electrons.